The van der Waals surface area contributed by atoms with E-state index in [1.807, 2.05) is 12.1 Å². The van der Waals surface area contributed by atoms with Gasteiger partial charge in [0, 0.05) is 0 Å². The molecule has 4 fully saturated rings. The van der Waals surface area contributed by atoms with Crippen molar-refractivity contribution in [3.05, 3.63) is 29.3 Å². The van der Waals surface area contributed by atoms with Gasteiger partial charge in [0.1, 0.15) is 11.8 Å². The molecule has 0 spiro atoms. The molecule has 0 aromatic heterocycles. The van der Waals surface area contributed by atoms with Crippen LogP contribution in [-0.2, 0) is 14.9 Å². The quantitative estimate of drug-likeness (QED) is 0.805. The Bertz CT molecular complexity index is 721. The van der Waals surface area contributed by atoms with Crippen molar-refractivity contribution in [2.45, 2.75) is 56.9 Å². The Labute approximate surface area is 160 Å². The van der Waals surface area contributed by atoms with Gasteiger partial charge in [-0.05, 0) is 86.3 Å². The first-order valence-corrected chi connectivity index (χ1v) is 10.0. The molecule has 1 unspecified atom stereocenters. The number of carbonyl (C=O) groups excluding carboxylic acids is 2. The van der Waals surface area contributed by atoms with Crippen LogP contribution >= 0.6 is 0 Å². The van der Waals surface area contributed by atoms with E-state index < -0.39 is 12.0 Å². The molecule has 4 saturated carbocycles. The maximum atomic E-state index is 12.8. The Hall–Kier alpha value is -2.04. The van der Waals surface area contributed by atoms with Gasteiger partial charge in [-0.3, -0.25) is 4.79 Å². The molecule has 5 heteroatoms. The van der Waals surface area contributed by atoms with Gasteiger partial charge in [0.2, 0.25) is 0 Å². The summed E-state index contributed by atoms with van der Waals surface area (Å²) >= 11 is 0. The van der Waals surface area contributed by atoms with E-state index in [9.17, 15) is 9.59 Å². The van der Waals surface area contributed by atoms with Crippen LogP contribution in [0.3, 0.4) is 0 Å². The lowest BCUT2D eigenvalue weighted by Gasteiger charge is -2.57. The number of nitrogens with one attached hydrogen (secondary N) is 1. The van der Waals surface area contributed by atoms with Gasteiger partial charge in [0.05, 0.1) is 19.8 Å². The van der Waals surface area contributed by atoms with Gasteiger partial charge in [-0.2, -0.15) is 0 Å². The van der Waals surface area contributed by atoms with Crippen molar-refractivity contribution in [2.24, 2.45) is 17.8 Å². The Morgan fingerprint density at radius 3 is 2.19 bits per heavy atom. The Morgan fingerprint density at radius 1 is 1.07 bits per heavy atom. The average Bonchev–Trinajstić information content (AvgIpc) is 2.65. The third kappa shape index (κ3) is 3.21. The van der Waals surface area contributed by atoms with E-state index in [2.05, 4.69) is 11.4 Å². The predicted octanol–water partition coefficient (Wildman–Crippen LogP) is 3.45. The zero-order valence-electron chi connectivity index (χ0n) is 16.4. The van der Waals surface area contributed by atoms with Crippen molar-refractivity contribution >= 4 is 11.9 Å². The van der Waals surface area contributed by atoms with Crippen LogP contribution in [0.1, 0.15) is 61.4 Å². The summed E-state index contributed by atoms with van der Waals surface area (Å²) in [5, 5.41) is 2.73. The fourth-order valence-electron chi connectivity index (χ4n) is 6.19. The monoisotopic (exact) mass is 371 g/mol. The lowest BCUT2D eigenvalue weighted by atomic mass is 9.48. The zero-order valence-corrected chi connectivity index (χ0v) is 16.4. The fraction of sp³-hybridized carbons (Fsp3) is 0.636. The number of rotatable bonds is 5. The van der Waals surface area contributed by atoms with E-state index in [1.165, 1.54) is 51.2 Å². The lowest BCUT2D eigenvalue weighted by Crippen LogP contribution is -2.48. The van der Waals surface area contributed by atoms with E-state index in [-0.39, 0.29) is 11.3 Å². The predicted molar refractivity (Wildman–Crippen MR) is 102 cm³/mol. The molecule has 146 valence electrons. The van der Waals surface area contributed by atoms with Crippen LogP contribution in [0.4, 0.5) is 0 Å². The number of ether oxygens (including phenoxy) is 2. The molecular formula is C22H29NO4. The molecule has 1 aromatic rings. The molecule has 0 heterocycles. The van der Waals surface area contributed by atoms with Crippen molar-refractivity contribution in [3.63, 3.8) is 0 Å². The van der Waals surface area contributed by atoms with Crippen molar-refractivity contribution in [1.82, 2.24) is 5.32 Å². The highest BCUT2D eigenvalue weighted by atomic mass is 16.5. The number of benzene rings is 1. The molecule has 5 rings (SSSR count). The minimum absolute atomic E-state index is 0.212. The number of hydrogen-bond acceptors (Lipinski definition) is 4. The van der Waals surface area contributed by atoms with Gasteiger partial charge in [-0.15, -0.1) is 0 Å². The highest BCUT2D eigenvalue weighted by Crippen LogP contribution is 2.60. The van der Waals surface area contributed by atoms with Crippen LogP contribution in [-0.4, -0.2) is 32.1 Å². The summed E-state index contributed by atoms with van der Waals surface area (Å²) in [6.07, 6.45) is 7.89. The van der Waals surface area contributed by atoms with Crippen LogP contribution < -0.4 is 10.1 Å². The van der Waals surface area contributed by atoms with Gasteiger partial charge in [0.15, 0.2) is 0 Å². The molecule has 4 bridgehead atoms. The standard InChI is InChI=1S/C22H29NO4/c1-13(21(25)27-3)23-20(24)18-9-17(4-5-19(18)26-2)22-10-14-6-15(11-22)8-16(7-14)12-22/h4-5,9,13-16H,6-8,10-12H2,1-3H3,(H,23,24). The van der Waals surface area contributed by atoms with Gasteiger partial charge in [-0.1, -0.05) is 6.07 Å². The van der Waals surface area contributed by atoms with E-state index in [1.54, 1.807) is 14.0 Å². The molecule has 1 aromatic carbocycles. The highest BCUT2D eigenvalue weighted by Gasteiger charge is 2.51. The minimum atomic E-state index is -0.699. The van der Waals surface area contributed by atoms with Crippen LogP contribution in [0, 0.1) is 17.8 Å². The molecule has 5 nitrogen and oxygen atoms in total. The molecule has 0 saturated heterocycles. The van der Waals surface area contributed by atoms with E-state index >= 15 is 0 Å². The number of hydrogen-bond donors (Lipinski definition) is 1. The molecule has 1 amide bonds. The van der Waals surface area contributed by atoms with E-state index in [0.717, 1.165) is 17.8 Å². The van der Waals surface area contributed by atoms with Crippen molar-refractivity contribution in [3.8, 4) is 5.75 Å². The van der Waals surface area contributed by atoms with E-state index in [4.69, 9.17) is 9.47 Å². The van der Waals surface area contributed by atoms with Crippen LogP contribution in [0.2, 0.25) is 0 Å². The highest BCUT2D eigenvalue weighted by molar-refractivity contribution is 5.99. The van der Waals surface area contributed by atoms with Gasteiger partial charge >= 0.3 is 5.97 Å². The van der Waals surface area contributed by atoms with Crippen LogP contribution in [0.5, 0.6) is 5.75 Å². The summed E-state index contributed by atoms with van der Waals surface area (Å²) in [5.41, 5.74) is 1.98. The summed E-state index contributed by atoms with van der Waals surface area (Å²) in [4.78, 5) is 24.5. The second-order valence-electron chi connectivity index (χ2n) is 8.83. The number of carbonyl (C=O) groups is 2. The number of amides is 1. The van der Waals surface area contributed by atoms with E-state index in [0.29, 0.717) is 11.3 Å². The minimum Gasteiger partial charge on any atom is -0.496 e. The SMILES string of the molecule is COC(=O)C(C)NC(=O)c1cc(C23CC4CC(CC(C4)C2)C3)ccc1OC. The second-order valence-corrected chi connectivity index (χ2v) is 8.83. The maximum Gasteiger partial charge on any atom is 0.328 e. The second kappa shape index (κ2) is 6.84. The number of methoxy groups -OCH3 is 2. The molecule has 4 aliphatic rings. The molecular weight excluding hydrogens is 342 g/mol. The Balaban J connectivity index is 1.63. The fourth-order valence-corrected chi connectivity index (χ4v) is 6.19. The van der Waals surface area contributed by atoms with Crippen molar-refractivity contribution in [1.29, 1.82) is 0 Å². The molecule has 0 aliphatic heterocycles. The molecule has 0 radical (unpaired) electrons. The summed E-state index contributed by atoms with van der Waals surface area (Å²) in [6.45, 7) is 1.62. The van der Waals surface area contributed by atoms with Gasteiger partial charge in [-0.25, -0.2) is 4.79 Å². The number of esters is 1. The third-order valence-corrected chi connectivity index (χ3v) is 7.00. The Morgan fingerprint density at radius 2 is 1.67 bits per heavy atom. The van der Waals surface area contributed by atoms with Crippen LogP contribution in [0.25, 0.3) is 0 Å². The van der Waals surface area contributed by atoms with Crippen LogP contribution in [0.15, 0.2) is 18.2 Å². The summed E-state index contributed by atoms with van der Waals surface area (Å²) in [6, 6.07) is 5.36. The van der Waals surface area contributed by atoms with Crippen molar-refractivity contribution < 1.29 is 19.1 Å². The summed E-state index contributed by atoms with van der Waals surface area (Å²) in [7, 11) is 2.89. The zero-order chi connectivity index (χ0) is 19.2. The lowest BCUT2D eigenvalue weighted by molar-refractivity contribution is -0.142. The third-order valence-electron chi connectivity index (χ3n) is 7.00. The molecule has 4 aliphatic carbocycles. The average molecular weight is 371 g/mol. The van der Waals surface area contributed by atoms with Gasteiger partial charge < -0.3 is 14.8 Å². The largest absolute Gasteiger partial charge is 0.496 e. The first-order valence-electron chi connectivity index (χ1n) is 10.0. The smallest absolute Gasteiger partial charge is 0.328 e. The molecule has 1 atom stereocenters. The molecule has 27 heavy (non-hydrogen) atoms. The summed E-state index contributed by atoms with van der Waals surface area (Å²) in [5.74, 6) is 2.31. The first-order chi connectivity index (χ1) is 12.9. The maximum absolute atomic E-state index is 12.8. The summed E-state index contributed by atoms with van der Waals surface area (Å²) < 4.78 is 10.1. The van der Waals surface area contributed by atoms with Gasteiger partial charge in [0.25, 0.3) is 5.91 Å². The topological polar surface area (TPSA) is 64.6 Å². The normalized spacial score (nSPS) is 32.0. The van der Waals surface area contributed by atoms with Crippen molar-refractivity contribution in [2.75, 3.05) is 14.2 Å². The Kier molecular flexibility index (Phi) is 4.65. The first kappa shape index (κ1) is 18.3. The molecule has 1 N–H and O–H groups in total.